The molecule has 5 nitrogen and oxygen atoms in total. The normalized spacial score (nSPS) is 14.0. The van der Waals surface area contributed by atoms with E-state index in [4.69, 9.17) is 10.00 Å². The summed E-state index contributed by atoms with van der Waals surface area (Å²) in [6, 6.07) is 12.0. The Morgan fingerprint density at radius 3 is 2.91 bits per heavy atom. The Balaban J connectivity index is 1.63. The molecule has 2 N–H and O–H groups in total. The van der Waals surface area contributed by atoms with Crippen LogP contribution in [-0.2, 0) is 6.61 Å². The van der Waals surface area contributed by atoms with Crippen molar-refractivity contribution in [3.05, 3.63) is 53.3 Å². The first kappa shape index (κ1) is 14.3. The Hall–Kier alpha value is -2.65. The molecule has 2 aromatic rings. The van der Waals surface area contributed by atoms with Crippen LogP contribution in [0.3, 0.4) is 0 Å². The van der Waals surface area contributed by atoms with E-state index in [9.17, 15) is 4.39 Å². The molecular formula is C16H15FN4O. The van der Waals surface area contributed by atoms with Crippen molar-refractivity contribution in [1.29, 1.82) is 5.26 Å². The quantitative estimate of drug-likeness (QED) is 0.884. The number of nitriles is 1. The van der Waals surface area contributed by atoms with Crippen LogP contribution < -0.4 is 15.4 Å². The second kappa shape index (κ2) is 6.41. The van der Waals surface area contributed by atoms with Crippen LogP contribution in [0.2, 0.25) is 0 Å². The van der Waals surface area contributed by atoms with E-state index in [1.165, 1.54) is 6.07 Å². The van der Waals surface area contributed by atoms with E-state index in [2.05, 4.69) is 15.6 Å². The fraction of sp³-hybridized carbons (Fsp3) is 0.250. The van der Waals surface area contributed by atoms with Gasteiger partial charge in [0.25, 0.3) is 0 Å². The number of nitrogens with one attached hydrogen (secondary N) is 2. The fourth-order valence-electron chi connectivity index (χ4n) is 2.06. The maximum absolute atomic E-state index is 13.8. The highest BCUT2D eigenvalue weighted by atomic mass is 19.1. The van der Waals surface area contributed by atoms with Gasteiger partial charge < -0.3 is 15.4 Å². The maximum atomic E-state index is 13.8. The van der Waals surface area contributed by atoms with Gasteiger partial charge in [-0.05, 0) is 18.2 Å². The zero-order chi connectivity index (χ0) is 15.4. The first-order valence-electron chi connectivity index (χ1n) is 7.00. The molecule has 6 heteroatoms. The Kier molecular flexibility index (Phi) is 4.17. The van der Waals surface area contributed by atoms with Crippen LogP contribution in [0.25, 0.3) is 0 Å². The molecule has 112 valence electrons. The molecule has 1 saturated heterocycles. The molecule has 0 bridgehead atoms. The molecule has 0 saturated carbocycles. The molecule has 1 aliphatic heterocycles. The Morgan fingerprint density at radius 2 is 2.23 bits per heavy atom. The number of halogens is 1. The van der Waals surface area contributed by atoms with Crippen LogP contribution in [0.15, 0.2) is 36.4 Å². The van der Waals surface area contributed by atoms with Crippen molar-refractivity contribution in [3.8, 4) is 11.9 Å². The monoisotopic (exact) mass is 298 g/mol. The number of benzene rings is 1. The predicted molar refractivity (Wildman–Crippen MR) is 80.0 cm³/mol. The summed E-state index contributed by atoms with van der Waals surface area (Å²) >= 11 is 0. The summed E-state index contributed by atoms with van der Waals surface area (Å²) in [5.74, 6) is 0.721. The summed E-state index contributed by atoms with van der Waals surface area (Å²) in [6.07, 6.45) is 0. The number of nitrogens with zero attached hydrogens (tertiary/aromatic N) is 2. The van der Waals surface area contributed by atoms with E-state index in [-0.39, 0.29) is 6.61 Å². The third-order valence-electron chi connectivity index (χ3n) is 3.41. The van der Waals surface area contributed by atoms with Gasteiger partial charge in [-0.15, -0.1) is 0 Å². The lowest BCUT2D eigenvalue weighted by atomic mass is 10.1. The zero-order valence-corrected chi connectivity index (χ0v) is 11.8. The smallest absolute Gasteiger partial charge is 0.215 e. The van der Waals surface area contributed by atoms with Crippen molar-refractivity contribution < 1.29 is 9.13 Å². The molecule has 0 radical (unpaired) electrons. The molecule has 2 heterocycles. The Bertz CT molecular complexity index is 710. The number of hydrogen-bond acceptors (Lipinski definition) is 5. The summed E-state index contributed by atoms with van der Waals surface area (Å²) in [5, 5.41) is 15.2. The van der Waals surface area contributed by atoms with Gasteiger partial charge in [0.1, 0.15) is 18.2 Å². The molecule has 0 atom stereocenters. The molecule has 0 unspecified atom stereocenters. The highest BCUT2D eigenvalue weighted by Gasteiger charge is 2.16. The molecule has 22 heavy (non-hydrogen) atoms. The van der Waals surface area contributed by atoms with Crippen molar-refractivity contribution in [1.82, 2.24) is 10.3 Å². The largest absolute Gasteiger partial charge is 0.473 e. The second-order valence-electron chi connectivity index (χ2n) is 5.07. The van der Waals surface area contributed by atoms with Gasteiger partial charge in [0.15, 0.2) is 0 Å². The molecule has 1 aromatic heterocycles. The van der Waals surface area contributed by atoms with Crippen LogP contribution in [0.1, 0.15) is 11.1 Å². The number of ether oxygens (including phenoxy) is 1. The number of pyridine rings is 1. The van der Waals surface area contributed by atoms with Gasteiger partial charge in [-0.1, -0.05) is 12.1 Å². The van der Waals surface area contributed by atoms with Crippen LogP contribution in [-0.4, -0.2) is 24.1 Å². The zero-order valence-electron chi connectivity index (χ0n) is 11.8. The predicted octanol–water partition coefficient (Wildman–Crippen LogP) is 2.06. The Labute approximate surface area is 127 Å². The summed E-state index contributed by atoms with van der Waals surface area (Å²) in [5.41, 5.74) is 0.682. The number of hydrogen-bond donors (Lipinski definition) is 2. The topological polar surface area (TPSA) is 70.0 Å². The van der Waals surface area contributed by atoms with E-state index in [1.807, 2.05) is 18.2 Å². The lowest BCUT2D eigenvalue weighted by molar-refractivity contribution is 0.288. The molecule has 0 spiro atoms. The second-order valence-corrected chi connectivity index (χ2v) is 5.07. The fourth-order valence-corrected chi connectivity index (χ4v) is 2.06. The van der Waals surface area contributed by atoms with Crippen LogP contribution in [0, 0.1) is 17.1 Å². The van der Waals surface area contributed by atoms with E-state index in [0.29, 0.717) is 23.0 Å². The van der Waals surface area contributed by atoms with E-state index in [0.717, 1.165) is 18.9 Å². The molecule has 1 aliphatic rings. The van der Waals surface area contributed by atoms with Crippen LogP contribution in [0.4, 0.5) is 10.2 Å². The SMILES string of the molecule is N#Cc1ccc(COc2cccc(NC3CNC3)n2)c(F)c1. The van der Waals surface area contributed by atoms with Crippen molar-refractivity contribution in [3.63, 3.8) is 0 Å². The molecule has 0 amide bonds. The summed E-state index contributed by atoms with van der Waals surface area (Å²) < 4.78 is 19.3. The highest BCUT2D eigenvalue weighted by Crippen LogP contribution is 2.16. The van der Waals surface area contributed by atoms with Gasteiger partial charge in [0, 0.05) is 24.7 Å². The number of anilines is 1. The van der Waals surface area contributed by atoms with Crippen molar-refractivity contribution in [2.75, 3.05) is 18.4 Å². The van der Waals surface area contributed by atoms with Gasteiger partial charge in [0.05, 0.1) is 17.7 Å². The van der Waals surface area contributed by atoms with Gasteiger partial charge in [0.2, 0.25) is 5.88 Å². The van der Waals surface area contributed by atoms with E-state index < -0.39 is 5.82 Å². The maximum Gasteiger partial charge on any atom is 0.215 e. The lowest BCUT2D eigenvalue weighted by Crippen LogP contribution is -2.51. The summed E-state index contributed by atoms with van der Waals surface area (Å²) in [6.45, 7) is 1.91. The van der Waals surface area contributed by atoms with Gasteiger partial charge in [-0.2, -0.15) is 10.2 Å². The standard InChI is InChI=1S/C16H15FN4O/c17-14-6-11(7-18)4-5-12(14)10-22-16-3-1-2-15(21-16)20-13-8-19-9-13/h1-6,13,19H,8-10H2,(H,20,21). The molecule has 1 fully saturated rings. The number of rotatable bonds is 5. The lowest BCUT2D eigenvalue weighted by Gasteiger charge is -2.28. The highest BCUT2D eigenvalue weighted by molar-refractivity contribution is 5.39. The van der Waals surface area contributed by atoms with Crippen molar-refractivity contribution in [2.45, 2.75) is 12.6 Å². The molecule has 3 rings (SSSR count). The minimum Gasteiger partial charge on any atom is -0.473 e. The van der Waals surface area contributed by atoms with Gasteiger partial charge >= 0.3 is 0 Å². The molecular weight excluding hydrogens is 283 g/mol. The summed E-state index contributed by atoms with van der Waals surface area (Å²) in [7, 11) is 0. The van der Waals surface area contributed by atoms with Crippen molar-refractivity contribution in [2.24, 2.45) is 0 Å². The molecule has 1 aromatic carbocycles. The average molecular weight is 298 g/mol. The third-order valence-corrected chi connectivity index (χ3v) is 3.41. The minimum atomic E-state index is -0.450. The third kappa shape index (κ3) is 3.32. The van der Waals surface area contributed by atoms with Crippen LogP contribution in [0.5, 0.6) is 5.88 Å². The van der Waals surface area contributed by atoms with E-state index in [1.54, 1.807) is 18.2 Å². The Morgan fingerprint density at radius 1 is 1.36 bits per heavy atom. The van der Waals surface area contributed by atoms with Crippen LogP contribution >= 0.6 is 0 Å². The van der Waals surface area contributed by atoms with Crippen molar-refractivity contribution >= 4 is 5.82 Å². The van der Waals surface area contributed by atoms with E-state index >= 15 is 0 Å². The summed E-state index contributed by atoms with van der Waals surface area (Å²) in [4.78, 5) is 4.34. The first-order valence-corrected chi connectivity index (χ1v) is 7.00. The van der Waals surface area contributed by atoms with Gasteiger partial charge in [-0.25, -0.2) is 4.39 Å². The average Bonchev–Trinajstić information content (AvgIpc) is 2.50. The number of aromatic nitrogens is 1. The minimum absolute atomic E-state index is 0.0684. The first-order chi connectivity index (χ1) is 10.7. The molecule has 0 aliphatic carbocycles. The van der Waals surface area contributed by atoms with Gasteiger partial charge in [-0.3, -0.25) is 0 Å².